The zero-order valence-corrected chi connectivity index (χ0v) is 13.5. The maximum absolute atomic E-state index is 12.6. The lowest BCUT2D eigenvalue weighted by molar-refractivity contribution is -0.138. The number of nitrogens with two attached hydrogens (primary N) is 1. The van der Waals surface area contributed by atoms with Crippen molar-refractivity contribution in [2.24, 2.45) is 5.73 Å². The molecule has 1 aromatic rings. The van der Waals surface area contributed by atoms with Crippen LogP contribution in [-0.4, -0.2) is 39.6 Å². The molecule has 3 rings (SSSR count). The topological polar surface area (TPSA) is 85.3 Å². The summed E-state index contributed by atoms with van der Waals surface area (Å²) in [6.07, 6.45) is 5.89. The molecule has 22 heavy (non-hydrogen) atoms. The van der Waals surface area contributed by atoms with Crippen molar-refractivity contribution in [3.63, 3.8) is 0 Å². The zero-order valence-electron chi connectivity index (χ0n) is 13.5. The Morgan fingerprint density at radius 2 is 2.18 bits per heavy atom. The highest BCUT2D eigenvalue weighted by Crippen LogP contribution is 2.39. The van der Waals surface area contributed by atoms with E-state index in [-0.39, 0.29) is 11.8 Å². The van der Waals surface area contributed by atoms with Crippen LogP contribution in [0, 0.1) is 0 Å². The second-order valence-electron chi connectivity index (χ2n) is 7.02. The third kappa shape index (κ3) is 3.16. The molecule has 122 valence electrons. The van der Waals surface area contributed by atoms with Gasteiger partial charge in [0.15, 0.2) is 5.82 Å². The summed E-state index contributed by atoms with van der Waals surface area (Å²) in [4.78, 5) is 19.1. The van der Waals surface area contributed by atoms with Crippen LogP contribution in [-0.2, 0) is 4.79 Å². The summed E-state index contributed by atoms with van der Waals surface area (Å²) in [7, 11) is 0. The Balaban J connectivity index is 1.66. The fourth-order valence-corrected chi connectivity index (χ4v) is 3.27. The van der Waals surface area contributed by atoms with E-state index in [1.165, 1.54) is 0 Å². The third-order valence-corrected chi connectivity index (χ3v) is 4.72. The van der Waals surface area contributed by atoms with Gasteiger partial charge >= 0.3 is 0 Å². The third-order valence-electron chi connectivity index (χ3n) is 4.72. The van der Waals surface area contributed by atoms with Crippen LogP contribution in [0.15, 0.2) is 4.52 Å². The minimum absolute atomic E-state index is 0.0463. The Labute approximate surface area is 131 Å². The number of hydrogen-bond acceptors (Lipinski definition) is 5. The second-order valence-corrected chi connectivity index (χ2v) is 7.02. The van der Waals surface area contributed by atoms with E-state index in [0.717, 1.165) is 50.4 Å². The van der Waals surface area contributed by atoms with Crippen LogP contribution in [0.4, 0.5) is 0 Å². The van der Waals surface area contributed by atoms with Crippen LogP contribution in [0.5, 0.6) is 0 Å². The summed E-state index contributed by atoms with van der Waals surface area (Å²) < 4.78 is 5.35. The highest BCUT2D eigenvalue weighted by molar-refractivity contribution is 5.85. The smallest absolute Gasteiger partial charge is 0.242 e. The number of nitrogens with zero attached hydrogens (tertiary/aromatic N) is 3. The molecule has 2 heterocycles. The molecule has 0 aromatic carbocycles. The van der Waals surface area contributed by atoms with Gasteiger partial charge in [-0.15, -0.1) is 0 Å². The van der Waals surface area contributed by atoms with Gasteiger partial charge < -0.3 is 15.2 Å². The number of piperidine rings is 1. The van der Waals surface area contributed by atoms with Crippen LogP contribution >= 0.6 is 0 Å². The van der Waals surface area contributed by atoms with Crippen molar-refractivity contribution >= 4 is 5.91 Å². The minimum Gasteiger partial charge on any atom is -0.340 e. The molecule has 0 spiro atoms. The standard InChI is InChI=1S/C16H26N4O2/c1-3-8-16(2,17)15(21)20-9-4-5-12(10-20)13-18-14(22-19-13)11-6-7-11/h11-12H,3-10,17H2,1-2H3. The highest BCUT2D eigenvalue weighted by atomic mass is 16.5. The van der Waals surface area contributed by atoms with Crippen LogP contribution in [0.25, 0.3) is 0 Å². The molecule has 2 fully saturated rings. The van der Waals surface area contributed by atoms with E-state index in [2.05, 4.69) is 17.1 Å². The van der Waals surface area contributed by atoms with Gasteiger partial charge in [-0.2, -0.15) is 4.98 Å². The van der Waals surface area contributed by atoms with Crippen molar-refractivity contribution < 1.29 is 9.32 Å². The second kappa shape index (κ2) is 5.99. The first-order chi connectivity index (χ1) is 10.5. The molecule has 2 N–H and O–H groups in total. The SMILES string of the molecule is CCCC(C)(N)C(=O)N1CCCC(c2noc(C3CC3)n2)C1. The van der Waals surface area contributed by atoms with E-state index in [4.69, 9.17) is 10.3 Å². The van der Waals surface area contributed by atoms with E-state index in [1.807, 2.05) is 11.8 Å². The van der Waals surface area contributed by atoms with E-state index in [9.17, 15) is 4.79 Å². The Morgan fingerprint density at radius 3 is 2.86 bits per heavy atom. The van der Waals surface area contributed by atoms with E-state index in [0.29, 0.717) is 18.9 Å². The first kappa shape index (κ1) is 15.5. The number of carbonyl (C=O) groups is 1. The molecule has 1 aromatic heterocycles. The van der Waals surface area contributed by atoms with E-state index < -0.39 is 5.54 Å². The zero-order chi connectivity index (χ0) is 15.7. The average molecular weight is 306 g/mol. The van der Waals surface area contributed by atoms with E-state index >= 15 is 0 Å². The van der Waals surface area contributed by atoms with Gasteiger partial charge in [0.05, 0.1) is 5.54 Å². The predicted molar refractivity (Wildman–Crippen MR) is 82.3 cm³/mol. The van der Waals surface area contributed by atoms with Crippen LogP contribution in [0.3, 0.4) is 0 Å². The van der Waals surface area contributed by atoms with Crippen molar-refractivity contribution in [1.29, 1.82) is 0 Å². The molecule has 1 aliphatic heterocycles. The van der Waals surface area contributed by atoms with Gasteiger partial charge in [0.2, 0.25) is 11.8 Å². The number of carbonyl (C=O) groups excluding carboxylic acids is 1. The molecule has 2 atom stereocenters. The maximum atomic E-state index is 12.6. The highest BCUT2D eigenvalue weighted by Gasteiger charge is 2.36. The summed E-state index contributed by atoms with van der Waals surface area (Å²) >= 11 is 0. The monoisotopic (exact) mass is 306 g/mol. The summed E-state index contributed by atoms with van der Waals surface area (Å²) in [6, 6.07) is 0. The summed E-state index contributed by atoms with van der Waals surface area (Å²) in [5.74, 6) is 2.22. The summed E-state index contributed by atoms with van der Waals surface area (Å²) in [5.41, 5.74) is 5.43. The van der Waals surface area contributed by atoms with E-state index in [1.54, 1.807) is 0 Å². The first-order valence-electron chi connectivity index (χ1n) is 8.43. The first-order valence-corrected chi connectivity index (χ1v) is 8.43. The van der Waals surface area contributed by atoms with Crippen molar-refractivity contribution in [3.8, 4) is 0 Å². The van der Waals surface area contributed by atoms with Gasteiger partial charge in [-0.05, 0) is 39.0 Å². The van der Waals surface area contributed by atoms with Gasteiger partial charge in [-0.3, -0.25) is 4.79 Å². The molecule has 0 radical (unpaired) electrons. The lowest BCUT2D eigenvalue weighted by Crippen LogP contribution is -2.55. The van der Waals surface area contributed by atoms with Gasteiger partial charge in [-0.25, -0.2) is 0 Å². The Morgan fingerprint density at radius 1 is 1.41 bits per heavy atom. The van der Waals surface area contributed by atoms with Gasteiger partial charge in [-0.1, -0.05) is 18.5 Å². The minimum atomic E-state index is -0.771. The molecule has 1 saturated heterocycles. The van der Waals surface area contributed by atoms with Crippen LogP contribution < -0.4 is 5.73 Å². The lowest BCUT2D eigenvalue weighted by Gasteiger charge is -2.36. The number of likely N-dealkylation sites (tertiary alicyclic amines) is 1. The fourth-order valence-electron chi connectivity index (χ4n) is 3.27. The number of hydrogen-bond donors (Lipinski definition) is 1. The number of amides is 1. The fraction of sp³-hybridized carbons (Fsp3) is 0.812. The largest absolute Gasteiger partial charge is 0.340 e. The summed E-state index contributed by atoms with van der Waals surface area (Å²) in [5, 5.41) is 4.14. The van der Waals surface area contributed by atoms with Gasteiger partial charge in [0, 0.05) is 24.9 Å². The van der Waals surface area contributed by atoms with Crippen molar-refractivity contribution in [1.82, 2.24) is 15.0 Å². The molecule has 2 unspecified atom stereocenters. The Kier molecular flexibility index (Phi) is 4.21. The maximum Gasteiger partial charge on any atom is 0.242 e. The van der Waals surface area contributed by atoms with Crippen LogP contribution in [0.2, 0.25) is 0 Å². The van der Waals surface area contributed by atoms with Crippen LogP contribution in [0.1, 0.15) is 75.9 Å². The molecule has 1 aliphatic carbocycles. The molecule has 1 saturated carbocycles. The number of rotatable bonds is 5. The normalized spacial score (nSPS) is 25.0. The Hall–Kier alpha value is -1.43. The Bertz CT molecular complexity index is 536. The quantitative estimate of drug-likeness (QED) is 0.901. The van der Waals surface area contributed by atoms with Crippen molar-refractivity contribution in [2.45, 2.75) is 69.7 Å². The van der Waals surface area contributed by atoms with Crippen molar-refractivity contribution in [2.75, 3.05) is 13.1 Å². The molecular weight excluding hydrogens is 280 g/mol. The average Bonchev–Trinajstić information content (AvgIpc) is 3.24. The molecule has 1 amide bonds. The molecule has 6 nitrogen and oxygen atoms in total. The molecule has 2 aliphatic rings. The molecule has 0 bridgehead atoms. The molecular formula is C16H26N4O2. The summed E-state index contributed by atoms with van der Waals surface area (Å²) in [6.45, 7) is 5.32. The predicted octanol–water partition coefficient (Wildman–Crippen LogP) is 2.17. The lowest BCUT2D eigenvalue weighted by atomic mass is 9.92. The van der Waals surface area contributed by atoms with Crippen molar-refractivity contribution in [3.05, 3.63) is 11.7 Å². The van der Waals surface area contributed by atoms with Gasteiger partial charge in [0.1, 0.15) is 0 Å². The van der Waals surface area contributed by atoms with Gasteiger partial charge in [0.25, 0.3) is 0 Å². The number of aromatic nitrogens is 2. The molecule has 6 heteroatoms.